The van der Waals surface area contributed by atoms with E-state index in [2.05, 4.69) is 20.9 Å². The van der Waals surface area contributed by atoms with E-state index in [0.29, 0.717) is 29.4 Å². The second kappa shape index (κ2) is 14.9. The zero-order valence-electron chi connectivity index (χ0n) is 23.9. The second-order valence-electron chi connectivity index (χ2n) is 10.6. The fourth-order valence-electron chi connectivity index (χ4n) is 4.79. The molecule has 0 unspecified atom stereocenters. The number of H-pyrrole nitrogens is 1. The average molecular weight is 597 g/mol. The van der Waals surface area contributed by atoms with Gasteiger partial charge in [-0.2, -0.15) is 13.2 Å². The molecule has 2 bridgehead atoms. The Morgan fingerprint density at radius 1 is 1.02 bits per heavy atom. The maximum Gasteiger partial charge on any atom is 0.389 e. The van der Waals surface area contributed by atoms with Gasteiger partial charge in [-0.25, -0.2) is 4.79 Å². The lowest BCUT2D eigenvalue weighted by Gasteiger charge is -2.25. The number of hydrogen-bond donors (Lipinski definition) is 4. The number of aromatic amines is 1. The zero-order chi connectivity index (χ0) is 30.9. The molecule has 232 valence electrons. The molecular formula is C28H39F3N6O5. The summed E-state index contributed by atoms with van der Waals surface area (Å²) in [6, 6.07) is 3.99. The first-order valence-corrected chi connectivity index (χ1v) is 14.3. The number of amides is 4. The highest BCUT2D eigenvalue weighted by Crippen LogP contribution is 2.22. The lowest BCUT2D eigenvalue weighted by Crippen LogP contribution is -2.50. The Morgan fingerprint density at radius 3 is 2.43 bits per heavy atom. The first-order valence-electron chi connectivity index (χ1n) is 14.3. The molecule has 0 radical (unpaired) electrons. The first-order chi connectivity index (χ1) is 19.9. The zero-order valence-corrected chi connectivity index (χ0v) is 23.9. The summed E-state index contributed by atoms with van der Waals surface area (Å²) in [5.41, 5.74) is 1.03. The number of hydrogen-bond acceptors (Lipinski definition) is 5. The van der Waals surface area contributed by atoms with Crippen LogP contribution in [-0.2, 0) is 20.9 Å². The van der Waals surface area contributed by atoms with E-state index in [1.165, 1.54) is 9.47 Å². The van der Waals surface area contributed by atoms with Gasteiger partial charge in [0.1, 0.15) is 6.04 Å². The Balaban J connectivity index is 1.81. The quantitative estimate of drug-likeness (QED) is 0.429. The third kappa shape index (κ3) is 9.35. The molecule has 1 aromatic heterocycles. The van der Waals surface area contributed by atoms with Gasteiger partial charge in [0.15, 0.2) is 0 Å². The lowest BCUT2D eigenvalue weighted by molar-refractivity contribution is -0.149. The maximum absolute atomic E-state index is 13.0. The highest BCUT2D eigenvalue weighted by Gasteiger charge is 2.29. The normalized spacial score (nSPS) is 19.5. The van der Waals surface area contributed by atoms with Crippen LogP contribution >= 0.6 is 0 Å². The van der Waals surface area contributed by atoms with E-state index in [1.54, 1.807) is 18.2 Å². The third-order valence-corrected chi connectivity index (χ3v) is 7.40. The molecule has 2 aromatic rings. The number of fused-ring (bicyclic) bond motifs is 1. The van der Waals surface area contributed by atoms with Crippen LogP contribution in [0.15, 0.2) is 23.0 Å². The molecule has 0 spiro atoms. The number of alkyl halides is 3. The van der Waals surface area contributed by atoms with Crippen LogP contribution in [0.1, 0.15) is 69.2 Å². The van der Waals surface area contributed by atoms with Crippen molar-refractivity contribution in [3.8, 4) is 0 Å². The van der Waals surface area contributed by atoms with Crippen molar-refractivity contribution >= 4 is 34.7 Å². The lowest BCUT2D eigenvalue weighted by atomic mass is 9.98. The molecular weight excluding hydrogens is 557 g/mol. The predicted molar refractivity (Wildman–Crippen MR) is 150 cm³/mol. The van der Waals surface area contributed by atoms with E-state index in [-0.39, 0.29) is 69.5 Å². The van der Waals surface area contributed by atoms with Crippen LogP contribution in [0.5, 0.6) is 0 Å². The van der Waals surface area contributed by atoms with E-state index >= 15 is 0 Å². The van der Waals surface area contributed by atoms with E-state index in [0.717, 1.165) is 0 Å². The van der Waals surface area contributed by atoms with Crippen molar-refractivity contribution in [1.82, 2.24) is 30.4 Å². The number of nitrogens with one attached hydrogen (secondary N) is 4. The molecule has 14 heteroatoms. The molecule has 0 saturated heterocycles. The van der Waals surface area contributed by atoms with Crippen LogP contribution in [0.3, 0.4) is 0 Å². The second-order valence-corrected chi connectivity index (χ2v) is 10.6. The summed E-state index contributed by atoms with van der Waals surface area (Å²) in [4.78, 5) is 67.6. The van der Waals surface area contributed by atoms with E-state index in [9.17, 15) is 37.1 Å². The van der Waals surface area contributed by atoms with Gasteiger partial charge < -0.3 is 25.8 Å². The van der Waals surface area contributed by atoms with E-state index in [4.69, 9.17) is 0 Å². The van der Waals surface area contributed by atoms with Gasteiger partial charge in [-0.15, -0.1) is 0 Å². The number of halogens is 3. The Labute approximate surface area is 241 Å². The Hall–Kier alpha value is -3.84. The predicted octanol–water partition coefficient (Wildman–Crippen LogP) is 2.45. The van der Waals surface area contributed by atoms with Crippen molar-refractivity contribution < 1.29 is 32.3 Å². The number of imidazole rings is 1. The summed E-state index contributed by atoms with van der Waals surface area (Å²) in [6.07, 6.45) is -4.95. The molecule has 3 rings (SSSR count). The van der Waals surface area contributed by atoms with Gasteiger partial charge >= 0.3 is 11.9 Å². The SMILES string of the molecule is CC[C@H](C)[C@@H]1NC(=O)CCCN(C(=O)CCC(F)(F)F)CCCNC(=O)c2ccc3[nH]c(=O)n(c3c2)CCCNC1=O. The fraction of sp³-hybridized carbons (Fsp3) is 0.607. The number of aryl methyl sites for hydroxylation is 1. The molecule has 42 heavy (non-hydrogen) atoms. The van der Waals surface area contributed by atoms with E-state index < -0.39 is 42.8 Å². The topological polar surface area (TPSA) is 145 Å². The Morgan fingerprint density at radius 2 is 1.71 bits per heavy atom. The molecule has 4 amide bonds. The van der Waals surface area contributed by atoms with Crippen molar-refractivity contribution in [3.63, 3.8) is 0 Å². The van der Waals surface area contributed by atoms with Gasteiger partial charge in [0.05, 0.1) is 17.5 Å². The summed E-state index contributed by atoms with van der Waals surface area (Å²) in [7, 11) is 0. The standard InChI is InChI=1S/C28H39F3N6O5/c1-3-18(2)24-26(41)33-13-6-16-37-21-17-19(8-9-20(21)34-27(37)42)25(40)32-12-5-15-36(14-4-7-22(38)35-24)23(39)10-11-28(29,30)31/h8-9,17-18,24H,3-7,10-16H2,1-2H3,(H,32,40)(H,33,41)(H,34,42)(H,35,38)/t18-,24-/m0/s1. The number of carbonyl (C=O) groups excluding carboxylic acids is 4. The van der Waals surface area contributed by atoms with Gasteiger partial charge in [-0.1, -0.05) is 20.3 Å². The molecule has 0 saturated carbocycles. The summed E-state index contributed by atoms with van der Waals surface area (Å²) < 4.78 is 39.7. The number of rotatable bonds is 4. The smallest absolute Gasteiger partial charge is 0.354 e. The highest BCUT2D eigenvalue weighted by atomic mass is 19.4. The van der Waals surface area contributed by atoms with E-state index in [1.807, 2.05) is 13.8 Å². The third-order valence-electron chi connectivity index (χ3n) is 7.40. The van der Waals surface area contributed by atoms with Crippen molar-refractivity contribution in [3.05, 3.63) is 34.2 Å². The summed E-state index contributed by atoms with van der Waals surface area (Å²) in [6.45, 7) is 4.56. The highest BCUT2D eigenvalue weighted by molar-refractivity contribution is 5.97. The minimum absolute atomic E-state index is 0.0258. The molecule has 0 fully saturated rings. The number of benzene rings is 1. The molecule has 4 N–H and O–H groups in total. The molecule has 11 nitrogen and oxygen atoms in total. The van der Waals surface area contributed by atoms with Gasteiger partial charge in [0, 0.05) is 51.1 Å². The summed E-state index contributed by atoms with van der Waals surface area (Å²) in [5, 5.41) is 8.32. The number of nitrogens with zero attached hydrogens (tertiary/aromatic N) is 2. The van der Waals surface area contributed by atoms with Crippen molar-refractivity contribution in [2.24, 2.45) is 5.92 Å². The molecule has 1 aliphatic heterocycles. The summed E-state index contributed by atoms with van der Waals surface area (Å²) in [5.74, 6) is -2.03. The molecule has 1 aromatic carbocycles. The first kappa shape index (κ1) is 32.7. The monoisotopic (exact) mass is 596 g/mol. The molecule has 2 atom stereocenters. The van der Waals surface area contributed by atoms with Gasteiger partial charge in [-0.05, 0) is 43.4 Å². The Bertz CT molecular complexity index is 1320. The Kier molecular flexibility index (Phi) is 11.6. The molecule has 0 aliphatic carbocycles. The van der Waals surface area contributed by atoms with Gasteiger partial charge in [0.25, 0.3) is 5.91 Å². The molecule has 2 heterocycles. The molecule has 1 aliphatic rings. The van der Waals surface area contributed by atoms with Gasteiger partial charge in [-0.3, -0.25) is 23.7 Å². The van der Waals surface area contributed by atoms with Crippen molar-refractivity contribution in [1.29, 1.82) is 0 Å². The van der Waals surface area contributed by atoms with Crippen LogP contribution in [0.25, 0.3) is 11.0 Å². The minimum Gasteiger partial charge on any atom is -0.354 e. The van der Waals surface area contributed by atoms with Crippen LogP contribution in [0.2, 0.25) is 0 Å². The van der Waals surface area contributed by atoms with Crippen LogP contribution in [0, 0.1) is 5.92 Å². The fourth-order valence-corrected chi connectivity index (χ4v) is 4.79. The maximum atomic E-state index is 13.0. The van der Waals surface area contributed by atoms with Crippen molar-refractivity contribution in [2.75, 3.05) is 26.2 Å². The average Bonchev–Trinajstić information content (AvgIpc) is 3.26. The van der Waals surface area contributed by atoms with Crippen LogP contribution < -0.4 is 21.6 Å². The summed E-state index contributed by atoms with van der Waals surface area (Å²) >= 11 is 0. The number of aromatic nitrogens is 2. The largest absolute Gasteiger partial charge is 0.389 e. The minimum atomic E-state index is -4.48. The number of carbonyl (C=O) groups is 4. The van der Waals surface area contributed by atoms with Crippen LogP contribution in [-0.4, -0.2) is 76.5 Å². The van der Waals surface area contributed by atoms with Gasteiger partial charge in [0.2, 0.25) is 17.7 Å². The van der Waals surface area contributed by atoms with Crippen molar-refractivity contribution in [2.45, 2.75) is 77.6 Å². The van der Waals surface area contributed by atoms with Crippen LogP contribution in [0.4, 0.5) is 13.2 Å².